The fourth-order valence-corrected chi connectivity index (χ4v) is 2.96. The number of rotatable bonds is 7. The highest BCUT2D eigenvalue weighted by Gasteiger charge is 2.28. The van der Waals surface area contributed by atoms with Crippen molar-refractivity contribution < 1.29 is 4.79 Å². The predicted molar refractivity (Wildman–Crippen MR) is 89.0 cm³/mol. The molecule has 1 aromatic rings. The summed E-state index contributed by atoms with van der Waals surface area (Å²) in [6.07, 6.45) is 4.04. The van der Waals surface area contributed by atoms with E-state index in [0.29, 0.717) is 33.9 Å². The largest absolute Gasteiger partial charge is 0.399 e. The Balaban J connectivity index is 1.89. The predicted octanol–water partition coefficient (Wildman–Crippen LogP) is 3.78. The van der Waals surface area contributed by atoms with Crippen LogP contribution < -0.4 is 11.1 Å². The number of halogens is 2. The Morgan fingerprint density at radius 1 is 1.33 bits per heavy atom. The topological polar surface area (TPSA) is 58.4 Å². The Morgan fingerprint density at radius 3 is 2.48 bits per heavy atom. The number of benzene rings is 1. The lowest BCUT2D eigenvalue weighted by molar-refractivity contribution is -0.116. The average molecular weight is 330 g/mol. The minimum Gasteiger partial charge on any atom is -0.399 e. The van der Waals surface area contributed by atoms with Crippen molar-refractivity contribution in [3.63, 3.8) is 0 Å². The van der Waals surface area contributed by atoms with Gasteiger partial charge in [0.05, 0.1) is 15.7 Å². The third-order valence-corrected chi connectivity index (χ3v) is 4.13. The molecule has 4 nitrogen and oxygen atoms in total. The Morgan fingerprint density at radius 2 is 1.95 bits per heavy atom. The first-order valence-electron chi connectivity index (χ1n) is 7.29. The SMILES string of the molecule is CCCN(CCC(=O)Nc1c(Cl)cc(N)cc1Cl)C1CC1. The van der Waals surface area contributed by atoms with Gasteiger partial charge in [0.25, 0.3) is 0 Å². The second kappa shape index (κ2) is 7.34. The molecular weight excluding hydrogens is 309 g/mol. The molecule has 0 aromatic heterocycles. The van der Waals surface area contributed by atoms with Crippen LogP contribution in [0.25, 0.3) is 0 Å². The van der Waals surface area contributed by atoms with Gasteiger partial charge in [-0.25, -0.2) is 0 Å². The van der Waals surface area contributed by atoms with Gasteiger partial charge in [0.2, 0.25) is 5.91 Å². The van der Waals surface area contributed by atoms with E-state index < -0.39 is 0 Å². The van der Waals surface area contributed by atoms with Gasteiger partial charge in [0, 0.05) is 24.7 Å². The molecule has 1 amide bonds. The molecule has 0 unspecified atom stereocenters. The fourth-order valence-electron chi connectivity index (χ4n) is 2.36. The van der Waals surface area contributed by atoms with Crippen LogP contribution in [0.15, 0.2) is 12.1 Å². The number of carbonyl (C=O) groups is 1. The zero-order valence-electron chi connectivity index (χ0n) is 12.2. The van der Waals surface area contributed by atoms with Gasteiger partial charge in [-0.1, -0.05) is 30.1 Å². The molecule has 0 spiro atoms. The molecule has 2 rings (SSSR count). The van der Waals surface area contributed by atoms with E-state index >= 15 is 0 Å². The van der Waals surface area contributed by atoms with Crippen LogP contribution in [-0.2, 0) is 4.79 Å². The fraction of sp³-hybridized carbons (Fsp3) is 0.533. The number of hydrogen-bond acceptors (Lipinski definition) is 3. The van der Waals surface area contributed by atoms with E-state index in [9.17, 15) is 4.79 Å². The minimum absolute atomic E-state index is 0.0784. The van der Waals surface area contributed by atoms with Crippen LogP contribution in [0.3, 0.4) is 0 Å². The monoisotopic (exact) mass is 329 g/mol. The summed E-state index contributed by atoms with van der Waals surface area (Å²) in [7, 11) is 0. The normalized spacial score (nSPS) is 14.5. The molecule has 0 saturated heterocycles. The first-order valence-corrected chi connectivity index (χ1v) is 8.05. The molecule has 116 valence electrons. The molecule has 0 aliphatic heterocycles. The van der Waals surface area contributed by atoms with Gasteiger partial charge in [-0.05, 0) is 37.9 Å². The smallest absolute Gasteiger partial charge is 0.225 e. The summed E-state index contributed by atoms with van der Waals surface area (Å²) in [6.45, 7) is 3.97. The Bertz CT molecular complexity index is 495. The van der Waals surface area contributed by atoms with Crippen molar-refractivity contribution in [2.24, 2.45) is 0 Å². The first kappa shape index (κ1) is 16.4. The van der Waals surface area contributed by atoms with Gasteiger partial charge < -0.3 is 11.1 Å². The van der Waals surface area contributed by atoms with E-state index in [2.05, 4.69) is 17.1 Å². The summed E-state index contributed by atoms with van der Waals surface area (Å²) in [5, 5.41) is 3.50. The Labute approximate surface area is 135 Å². The molecule has 1 aliphatic rings. The van der Waals surface area contributed by atoms with E-state index in [1.54, 1.807) is 12.1 Å². The molecule has 0 radical (unpaired) electrons. The van der Waals surface area contributed by atoms with Gasteiger partial charge in [-0.3, -0.25) is 9.69 Å². The van der Waals surface area contributed by atoms with Crippen molar-refractivity contribution in [2.75, 3.05) is 24.1 Å². The van der Waals surface area contributed by atoms with Gasteiger partial charge in [-0.2, -0.15) is 0 Å². The summed E-state index contributed by atoms with van der Waals surface area (Å²) in [4.78, 5) is 14.4. The Kier molecular flexibility index (Phi) is 5.73. The van der Waals surface area contributed by atoms with E-state index in [4.69, 9.17) is 28.9 Å². The van der Waals surface area contributed by atoms with Gasteiger partial charge in [0.1, 0.15) is 0 Å². The van der Waals surface area contributed by atoms with E-state index in [0.717, 1.165) is 19.5 Å². The average Bonchev–Trinajstić information content (AvgIpc) is 3.23. The van der Waals surface area contributed by atoms with Gasteiger partial charge in [0.15, 0.2) is 0 Å². The van der Waals surface area contributed by atoms with Crippen LogP contribution in [0.2, 0.25) is 10.0 Å². The number of nitrogens with two attached hydrogens (primary N) is 1. The molecule has 3 N–H and O–H groups in total. The third-order valence-electron chi connectivity index (χ3n) is 3.53. The molecule has 21 heavy (non-hydrogen) atoms. The summed E-state index contributed by atoms with van der Waals surface area (Å²) in [5.41, 5.74) is 6.56. The lowest BCUT2D eigenvalue weighted by Crippen LogP contribution is -2.30. The zero-order valence-corrected chi connectivity index (χ0v) is 13.7. The maximum absolute atomic E-state index is 12.1. The molecule has 1 fully saturated rings. The van der Waals surface area contributed by atoms with Crippen molar-refractivity contribution in [1.29, 1.82) is 0 Å². The van der Waals surface area contributed by atoms with E-state index in [1.165, 1.54) is 12.8 Å². The number of carbonyl (C=O) groups excluding carboxylic acids is 1. The summed E-state index contributed by atoms with van der Waals surface area (Å²) in [6, 6.07) is 3.83. The molecular formula is C15H21Cl2N3O. The molecule has 0 heterocycles. The lowest BCUT2D eigenvalue weighted by Gasteiger charge is -2.20. The number of amides is 1. The van der Waals surface area contributed by atoms with Crippen LogP contribution in [0.5, 0.6) is 0 Å². The van der Waals surface area contributed by atoms with Gasteiger partial charge >= 0.3 is 0 Å². The maximum atomic E-state index is 12.1. The molecule has 1 aromatic carbocycles. The van der Waals surface area contributed by atoms with E-state index in [-0.39, 0.29) is 5.91 Å². The summed E-state index contributed by atoms with van der Waals surface area (Å²) >= 11 is 12.1. The van der Waals surface area contributed by atoms with Crippen LogP contribution in [-0.4, -0.2) is 29.9 Å². The third kappa shape index (κ3) is 4.77. The Hall–Kier alpha value is -0.970. The second-order valence-electron chi connectivity index (χ2n) is 5.42. The standard InChI is InChI=1S/C15H21Cl2N3O/c1-2-6-20(11-3-4-11)7-5-14(21)19-15-12(16)8-10(18)9-13(15)17/h8-9,11H,2-7,18H2,1H3,(H,19,21). The zero-order chi connectivity index (χ0) is 15.4. The number of nitrogens with zero attached hydrogens (tertiary/aromatic N) is 1. The summed E-state index contributed by atoms with van der Waals surface area (Å²) < 4.78 is 0. The molecule has 1 aliphatic carbocycles. The molecule has 6 heteroatoms. The molecule has 0 atom stereocenters. The summed E-state index contributed by atoms with van der Waals surface area (Å²) in [5.74, 6) is -0.0784. The number of nitrogens with one attached hydrogen (secondary N) is 1. The van der Waals surface area contributed by atoms with Crippen molar-refractivity contribution >= 4 is 40.5 Å². The van der Waals surface area contributed by atoms with Gasteiger partial charge in [-0.15, -0.1) is 0 Å². The van der Waals surface area contributed by atoms with Crippen LogP contribution in [0.4, 0.5) is 11.4 Å². The van der Waals surface area contributed by atoms with E-state index in [1.807, 2.05) is 0 Å². The number of hydrogen-bond donors (Lipinski definition) is 2. The van der Waals surface area contributed by atoms with Crippen molar-refractivity contribution in [3.8, 4) is 0 Å². The minimum atomic E-state index is -0.0784. The quantitative estimate of drug-likeness (QED) is 0.748. The highest BCUT2D eigenvalue weighted by Crippen LogP contribution is 2.33. The van der Waals surface area contributed by atoms with Crippen LogP contribution in [0, 0.1) is 0 Å². The number of anilines is 2. The van der Waals surface area contributed by atoms with Crippen molar-refractivity contribution in [1.82, 2.24) is 4.90 Å². The molecule has 1 saturated carbocycles. The maximum Gasteiger partial charge on any atom is 0.225 e. The van der Waals surface area contributed by atoms with Crippen molar-refractivity contribution in [2.45, 2.75) is 38.6 Å². The highest BCUT2D eigenvalue weighted by molar-refractivity contribution is 6.40. The highest BCUT2D eigenvalue weighted by atomic mass is 35.5. The second-order valence-corrected chi connectivity index (χ2v) is 6.24. The molecule has 0 bridgehead atoms. The van der Waals surface area contributed by atoms with Crippen molar-refractivity contribution in [3.05, 3.63) is 22.2 Å². The number of nitrogen functional groups attached to an aromatic ring is 1. The first-order chi connectivity index (χ1) is 10.0. The lowest BCUT2D eigenvalue weighted by atomic mass is 10.2. The van der Waals surface area contributed by atoms with Crippen LogP contribution in [0.1, 0.15) is 32.6 Å². The van der Waals surface area contributed by atoms with Crippen LogP contribution >= 0.6 is 23.2 Å².